The zero-order valence-corrected chi connectivity index (χ0v) is 19.7. The maximum absolute atomic E-state index is 13.4. The van der Waals surface area contributed by atoms with Gasteiger partial charge in [-0.15, -0.1) is 0 Å². The number of rotatable bonds is 7. The molecule has 2 aromatic carbocycles. The van der Waals surface area contributed by atoms with Crippen molar-refractivity contribution in [1.82, 2.24) is 9.97 Å². The summed E-state index contributed by atoms with van der Waals surface area (Å²) >= 11 is 7.92. The predicted molar refractivity (Wildman–Crippen MR) is 128 cm³/mol. The number of nitrogens with zero attached hydrogens (tertiary/aromatic N) is 4. The Kier molecular flexibility index (Phi) is 6.68. The van der Waals surface area contributed by atoms with Crippen molar-refractivity contribution in [3.8, 4) is 0 Å². The minimum atomic E-state index is -3.78. The molecule has 0 bridgehead atoms. The van der Waals surface area contributed by atoms with Gasteiger partial charge in [-0.25, -0.2) is 23.2 Å². The highest BCUT2D eigenvalue weighted by atomic mass is 35.5. The molecule has 0 aliphatic carbocycles. The van der Waals surface area contributed by atoms with Crippen LogP contribution in [0.5, 0.6) is 0 Å². The largest absolute Gasteiger partial charge is 0.330 e. The van der Waals surface area contributed by atoms with Gasteiger partial charge in [-0.1, -0.05) is 54.1 Å². The Labute approximate surface area is 196 Å². The highest BCUT2D eigenvalue weighted by molar-refractivity contribution is 7.98. The van der Waals surface area contributed by atoms with Gasteiger partial charge in [0.05, 0.1) is 23.0 Å². The van der Waals surface area contributed by atoms with Gasteiger partial charge in [0.25, 0.3) is 0 Å². The Morgan fingerprint density at radius 1 is 1.09 bits per heavy atom. The number of carbonyl (C=O) groups is 1. The van der Waals surface area contributed by atoms with Gasteiger partial charge in [-0.05, 0) is 24.0 Å². The number of hydrogen-bond donors (Lipinski definition) is 0. The molecule has 32 heavy (non-hydrogen) atoms. The summed E-state index contributed by atoms with van der Waals surface area (Å²) in [5, 5.41) is 0.172. The fourth-order valence-electron chi connectivity index (χ4n) is 3.45. The van der Waals surface area contributed by atoms with Crippen molar-refractivity contribution in [3.05, 3.63) is 76.9 Å². The van der Waals surface area contributed by atoms with Crippen molar-refractivity contribution in [2.75, 3.05) is 28.4 Å². The SMILES string of the molecule is CSCCN1C(=O)N(c2ccccc2Cl)Cc2cnc(S(=O)(=O)Cc3ccccc3)nc21. The second kappa shape index (κ2) is 9.48. The topological polar surface area (TPSA) is 83.5 Å². The number of para-hydroxylation sites is 1. The lowest BCUT2D eigenvalue weighted by Gasteiger charge is -2.36. The maximum Gasteiger partial charge on any atom is 0.330 e. The van der Waals surface area contributed by atoms with E-state index in [0.717, 1.165) is 0 Å². The molecule has 7 nitrogen and oxygen atoms in total. The van der Waals surface area contributed by atoms with Crippen molar-refractivity contribution < 1.29 is 13.2 Å². The molecular formula is C22H21ClN4O3S2. The second-order valence-electron chi connectivity index (χ2n) is 7.21. The van der Waals surface area contributed by atoms with Gasteiger partial charge in [-0.3, -0.25) is 9.80 Å². The third kappa shape index (κ3) is 4.60. The standard InChI is InChI=1S/C22H21ClN4O3S2/c1-31-12-11-26-20-17(14-27(22(26)28)19-10-6-5-9-18(19)23)13-24-21(25-20)32(29,30)15-16-7-3-2-4-8-16/h2-10,13H,11-12,14-15H2,1H3. The summed E-state index contributed by atoms with van der Waals surface area (Å²) in [6, 6.07) is 15.7. The maximum atomic E-state index is 13.4. The zero-order chi connectivity index (χ0) is 22.7. The van der Waals surface area contributed by atoms with Crippen molar-refractivity contribution in [1.29, 1.82) is 0 Å². The molecule has 1 aromatic heterocycles. The van der Waals surface area contributed by atoms with Crippen LogP contribution in [0.3, 0.4) is 0 Å². The van der Waals surface area contributed by atoms with Crippen LogP contribution in [-0.4, -0.2) is 43.0 Å². The minimum absolute atomic E-state index is 0.201. The van der Waals surface area contributed by atoms with E-state index in [9.17, 15) is 13.2 Å². The lowest BCUT2D eigenvalue weighted by molar-refractivity contribution is 0.250. The number of urea groups is 1. The Hall–Kier alpha value is -2.62. The summed E-state index contributed by atoms with van der Waals surface area (Å²) in [6.07, 6.45) is 3.43. The number of halogens is 1. The molecule has 0 fully saturated rings. The molecule has 1 aliphatic rings. The summed E-state index contributed by atoms with van der Waals surface area (Å²) < 4.78 is 25.9. The Morgan fingerprint density at radius 2 is 1.81 bits per heavy atom. The lowest BCUT2D eigenvalue weighted by atomic mass is 10.2. The first-order valence-corrected chi connectivity index (χ1v) is 13.3. The van der Waals surface area contributed by atoms with Crippen LogP contribution < -0.4 is 9.80 Å². The summed E-state index contributed by atoms with van der Waals surface area (Å²) in [7, 11) is -3.78. The third-order valence-corrected chi connectivity index (χ3v) is 7.38. The number of hydrogen-bond acceptors (Lipinski definition) is 6. The first kappa shape index (κ1) is 22.6. The van der Waals surface area contributed by atoms with Crippen molar-refractivity contribution in [2.45, 2.75) is 17.5 Å². The van der Waals surface area contributed by atoms with Crippen LogP contribution in [0.1, 0.15) is 11.1 Å². The van der Waals surface area contributed by atoms with Gasteiger partial charge in [-0.2, -0.15) is 11.8 Å². The van der Waals surface area contributed by atoms with Gasteiger partial charge in [0.1, 0.15) is 5.82 Å². The molecule has 166 valence electrons. The lowest BCUT2D eigenvalue weighted by Crippen LogP contribution is -2.49. The van der Waals surface area contributed by atoms with Gasteiger partial charge in [0.15, 0.2) is 0 Å². The molecule has 10 heteroatoms. The monoisotopic (exact) mass is 488 g/mol. The van der Waals surface area contributed by atoms with Crippen molar-refractivity contribution in [3.63, 3.8) is 0 Å². The van der Waals surface area contributed by atoms with Gasteiger partial charge >= 0.3 is 6.03 Å². The number of thioether (sulfide) groups is 1. The van der Waals surface area contributed by atoms with E-state index in [2.05, 4.69) is 9.97 Å². The van der Waals surface area contributed by atoms with Gasteiger partial charge in [0.2, 0.25) is 15.0 Å². The molecule has 0 unspecified atom stereocenters. The first-order valence-electron chi connectivity index (χ1n) is 9.86. The van der Waals surface area contributed by atoms with Crippen LogP contribution in [0.25, 0.3) is 0 Å². The molecule has 0 saturated heterocycles. The van der Waals surface area contributed by atoms with Crippen molar-refractivity contribution >= 4 is 50.7 Å². The molecule has 0 saturated carbocycles. The average Bonchev–Trinajstić information content (AvgIpc) is 2.79. The Morgan fingerprint density at radius 3 is 2.53 bits per heavy atom. The van der Waals surface area contributed by atoms with E-state index in [1.54, 1.807) is 59.1 Å². The van der Waals surface area contributed by atoms with Crippen LogP contribution in [0.4, 0.5) is 16.3 Å². The number of amides is 2. The number of fused-ring (bicyclic) bond motifs is 1. The average molecular weight is 489 g/mol. The number of benzene rings is 2. The summed E-state index contributed by atoms with van der Waals surface area (Å²) in [4.78, 5) is 24.9. The molecule has 4 rings (SSSR count). The van der Waals surface area contributed by atoms with E-state index in [1.807, 2.05) is 18.4 Å². The van der Waals surface area contributed by atoms with E-state index < -0.39 is 9.84 Å². The first-order chi connectivity index (χ1) is 15.4. The molecule has 0 radical (unpaired) electrons. The molecule has 3 aromatic rings. The van der Waals surface area contributed by atoms with Crippen LogP contribution in [0.2, 0.25) is 5.02 Å². The summed E-state index contributed by atoms with van der Waals surface area (Å²) in [5.41, 5.74) is 1.89. The van der Waals surface area contributed by atoms with Crippen LogP contribution in [0.15, 0.2) is 66.0 Å². The second-order valence-corrected chi connectivity index (χ2v) is 10.5. The Balaban J connectivity index is 1.73. The van der Waals surface area contributed by atoms with Crippen molar-refractivity contribution in [2.24, 2.45) is 0 Å². The number of aromatic nitrogens is 2. The molecule has 2 amide bonds. The molecular weight excluding hydrogens is 468 g/mol. The molecule has 0 spiro atoms. The van der Waals surface area contributed by atoms with E-state index in [-0.39, 0.29) is 23.5 Å². The minimum Gasteiger partial charge on any atom is -0.288 e. The van der Waals surface area contributed by atoms with Crippen LogP contribution in [-0.2, 0) is 22.1 Å². The molecule has 2 heterocycles. The van der Waals surface area contributed by atoms with E-state index >= 15 is 0 Å². The molecule has 0 N–H and O–H groups in total. The molecule has 0 atom stereocenters. The quantitative estimate of drug-likeness (QED) is 0.458. The summed E-state index contributed by atoms with van der Waals surface area (Å²) in [5.74, 6) is 0.781. The van der Waals surface area contributed by atoms with Crippen LogP contribution in [0, 0.1) is 0 Å². The highest BCUT2D eigenvalue weighted by Crippen LogP contribution is 2.34. The Bertz CT molecular complexity index is 1240. The van der Waals surface area contributed by atoms with E-state index in [4.69, 9.17) is 11.6 Å². The fraction of sp³-hybridized carbons (Fsp3) is 0.227. The smallest absolute Gasteiger partial charge is 0.288 e. The van der Waals surface area contributed by atoms with E-state index in [0.29, 0.717) is 40.0 Å². The predicted octanol–water partition coefficient (Wildman–Crippen LogP) is 4.41. The number of anilines is 2. The zero-order valence-electron chi connectivity index (χ0n) is 17.3. The number of carbonyl (C=O) groups excluding carboxylic acids is 1. The highest BCUT2D eigenvalue weighted by Gasteiger charge is 2.34. The molecule has 1 aliphatic heterocycles. The van der Waals surface area contributed by atoms with E-state index in [1.165, 1.54) is 11.1 Å². The normalized spacial score (nSPS) is 13.9. The number of sulfone groups is 1. The van der Waals surface area contributed by atoms with Gasteiger partial charge < -0.3 is 0 Å². The third-order valence-electron chi connectivity index (χ3n) is 5.01. The van der Waals surface area contributed by atoms with Crippen LogP contribution >= 0.6 is 23.4 Å². The summed E-state index contributed by atoms with van der Waals surface area (Å²) in [6.45, 7) is 0.579. The fourth-order valence-corrected chi connectivity index (χ4v) is 5.25. The van der Waals surface area contributed by atoms with Gasteiger partial charge in [0, 0.05) is 24.1 Å².